The number of fused-ring (bicyclic) bond motifs is 1. The van der Waals surface area contributed by atoms with Gasteiger partial charge in [-0.25, -0.2) is 9.97 Å². The van der Waals surface area contributed by atoms with Crippen molar-refractivity contribution < 1.29 is 9.07 Å². The van der Waals surface area contributed by atoms with E-state index in [1.807, 2.05) is 29.9 Å². The number of aryl methyl sites for hydroxylation is 1. The van der Waals surface area contributed by atoms with Crippen molar-refractivity contribution in [3.63, 3.8) is 0 Å². The standard InChI is InChI=1S/C13H19N7OS.3H2/c1-14-3-4-15-13(21)9-7-20(5-6-22-9)12-10-11(16-8-17-12)19(2)18-10;;;/h7-8,14,18H,3-6H2,1-2H3,(H,15,21);3*1H. The summed E-state index contributed by atoms with van der Waals surface area (Å²) in [6.07, 6.45) is 3.42. The van der Waals surface area contributed by atoms with Crippen LogP contribution < -0.4 is 15.5 Å². The van der Waals surface area contributed by atoms with E-state index in [0.29, 0.717) is 11.4 Å². The highest BCUT2D eigenvalue weighted by Crippen LogP contribution is 2.28. The largest absolute Gasteiger partial charge is 0.350 e. The molecule has 3 rings (SSSR count). The number of carbonyl (C=O) groups is 1. The number of nitrogens with one attached hydrogen (secondary N) is 3. The van der Waals surface area contributed by atoms with Crippen molar-refractivity contribution in [2.45, 2.75) is 0 Å². The molecule has 3 heterocycles. The SMILES string of the molecule is CNCCNC(=O)C1=CN(c2ncnc3c2[nH]n3C)CCS1.[HH].[HH].[HH]. The number of amides is 1. The lowest BCUT2D eigenvalue weighted by molar-refractivity contribution is -0.116. The number of hydrogen-bond acceptors (Lipinski definition) is 6. The summed E-state index contributed by atoms with van der Waals surface area (Å²) in [5, 5.41) is 9.06. The zero-order valence-electron chi connectivity index (χ0n) is 12.6. The summed E-state index contributed by atoms with van der Waals surface area (Å²) in [4.78, 5) is 23.4. The van der Waals surface area contributed by atoms with Gasteiger partial charge in [0, 0.05) is 42.9 Å². The molecule has 2 aromatic heterocycles. The fraction of sp³-hybridized carbons (Fsp3) is 0.462. The highest BCUT2D eigenvalue weighted by Gasteiger charge is 2.21. The van der Waals surface area contributed by atoms with Crippen LogP contribution in [0.25, 0.3) is 11.2 Å². The minimum atomic E-state index is -0.0390. The number of thioether (sulfide) groups is 1. The minimum absolute atomic E-state index is 0. The average molecular weight is 327 g/mol. The molecule has 0 aliphatic carbocycles. The summed E-state index contributed by atoms with van der Waals surface area (Å²) in [5.41, 5.74) is 1.78. The Morgan fingerprint density at radius 2 is 2.36 bits per heavy atom. The van der Waals surface area contributed by atoms with E-state index in [4.69, 9.17) is 0 Å². The lowest BCUT2D eigenvalue weighted by atomic mass is 10.4. The molecule has 3 N–H and O–H groups in total. The van der Waals surface area contributed by atoms with Gasteiger partial charge in [0.25, 0.3) is 5.91 Å². The second-order valence-corrected chi connectivity index (χ2v) is 6.10. The molecule has 0 atom stereocenters. The van der Waals surface area contributed by atoms with Gasteiger partial charge >= 0.3 is 0 Å². The molecule has 1 aliphatic rings. The van der Waals surface area contributed by atoms with E-state index < -0.39 is 0 Å². The number of aromatic amines is 1. The van der Waals surface area contributed by atoms with Crippen molar-refractivity contribution in [1.82, 2.24) is 30.4 Å². The molecule has 9 heteroatoms. The lowest BCUT2D eigenvalue weighted by Crippen LogP contribution is -2.34. The Morgan fingerprint density at radius 1 is 1.50 bits per heavy atom. The molecule has 1 amide bonds. The molecule has 124 valence electrons. The van der Waals surface area contributed by atoms with Gasteiger partial charge in [-0.1, -0.05) is 0 Å². The van der Waals surface area contributed by atoms with Gasteiger partial charge in [0.05, 0.1) is 4.91 Å². The number of anilines is 1. The first-order valence-electron chi connectivity index (χ1n) is 7.10. The molecule has 0 fully saturated rings. The molecule has 0 saturated carbocycles. The monoisotopic (exact) mass is 327 g/mol. The summed E-state index contributed by atoms with van der Waals surface area (Å²) in [6.45, 7) is 2.18. The molecule has 0 aromatic carbocycles. The zero-order valence-corrected chi connectivity index (χ0v) is 13.4. The molecule has 8 nitrogen and oxygen atoms in total. The summed E-state index contributed by atoms with van der Waals surface area (Å²) >= 11 is 1.57. The van der Waals surface area contributed by atoms with Gasteiger partial charge in [-0.2, -0.15) is 0 Å². The normalized spacial score (nSPS) is 15.2. The van der Waals surface area contributed by atoms with Crippen molar-refractivity contribution in [2.75, 3.05) is 37.3 Å². The maximum Gasteiger partial charge on any atom is 0.259 e. The number of hydrogen-bond donors (Lipinski definition) is 3. The van der Waals surface area contributed by atoms with E-state index in [2.05, 4.69) is 25.7 Å². The minimum Gasteiger partial charge on any atom is -0.350 e. The summed E-state index contributed by atoms with van der Waals surface area (Å²) < 4.78 is 1.84. The molecule has 2 aromatic rings. The number of rotatable bonds is 5. The third-order valence-corrected chi connectivity index (χ3v) is 4.41. The summed E-state index contributed by atoms with van der Waals surface area (Å²) in [7, 11) is 3.76. The Labute approximate surface area is 136 Å². The van der Waals surface area contributed by atoms with E-state index in [0.717, 1.165) is 35.8 Å². The molecule has 1 aliphatic heterocycles. The Hall–Kier alpha value is -2.00. The molecule has 0 unspecified atom stereocenters. The molecule has 0 bridgehead atoms. The van der Waals surface area contributed by atoms with Crippen LogP contribution in [0.15, 0.2) is 17.4 Å². The summed E-state index contributed by atoms with van der Waals surface area (Å²) in [5.74, 6) is 1.62. The third kappa shape index (κ3) is 2.81. The Kier molecular flexibility index (Phi) is 4.34. The smallest absolute Gasteiger partial charge is 0.259 e. The van der Waals surface area contributed by atoms with Crippen LogP contribution in [0.5, 0.6) is 0 Å². The lowest BCUT2D eigenvalue weighted by Gasteiger charge is -2.26. The van der Waals surface area contributed by atoms with Crippen LogP contribution >= 0.6 is 11.8 Å². The maximum absolute atomic E-state index is 12.2. The van der Waals surface area contributed by atoms with Gasteiger partial charge in [-0.3, -0.25) is 14.6 Å². The van der Waals surface area contributed by atoms with Gasteiger partial charge in [0.2, 0.25) is 0 Å². The van der Waals surface area contributed by atoms with Gasteiger partial charge in [-0.15, -0.1) is 11.8 Å². The van der Waals surface area contributed by atoms with Gasteiger partial charge < -0.3 is 15.5 Å². The number of likely N-dealkylation sites (N-methyl/N-ethyl adjacent to an activating group) is 1. The van der Waals surface area contributed by atoms with Gasteiger partial charge in [0.15, 0.2) is 11.5 Å². The Bertz CT molecular complexity index is 718. The predicted octanol–water partition coefficient (Wildman–Crippen LogP) is 0.765. The fourth-order valence-corrected chi connectivity index (χ4v) is 3.20. The molecule has 0 spiro atoms. The average Bonchev–Trinajstić information content (AvgIpc) is 2.54. The fourth-order valence-electron chi connectivity index (χ4n) is 2.28. The van der Waals surface area contributed by atoms with Crippen LogP contribution in [-0.2, 0) is 11.8 Å². The summed E-state index contributed by atoms with van der Waals surface area (Å²) in [6, 6.07) is 0. The number of H-pyrrole nitrogens is 1. The number of aromatic nitrogens is 4. The molecule has 22 heavy (non-hydrogen) atoms. The van der Waals surface area contributed by atoms with Crippen LogP contribution in [0.3, 0.4) is 0 Å². The van der Waals surface area contributed by atoms with Crippen LogP contribution in [-0.4, -0.2) is 58.1 Å². The van der Waals surface area contributed by atoms with Crippen LogP contribution in [0, 0.1) is 0 Å². The number of carbonyl (C=O) groups excluding carboxylic acids is 1. The second-order valence-electron chi connectivity index (χ2n) is 4.96. The van der Waals surface area contributed by atoms with E-state index in [1.54, 1.807) is 18.1 Å². The van der Waals surface area contributed by atoms with Gasteiger partial charge in [0.1, 0.15) is 11.8 Å². The van der Waals surface area contributed by atoms with Crippen molar-refractivity contribution >= 4 is 34.7 Å². The van der Waals surface area contributed by atoms with E-state index in [-0.39, 0.29) is 10.2 Å². The van der Waals surface area contributed by atoms with E-state index >= 15 is 0 Å². The quantitative estimate of drug-likeness (QED) is 0.703. The molecular weight excluding hydrogens is 302 g/mol. The zero-order chi connectivity index (χ0) is 15.5. The predicted molar refractivity (Wildman–Crippen MR) is 94.0 cm³/mol. The topological polar surface area (TPSA) is 90.9 Å². The number of nitrogens with zero attached hydrogens (tertiary/aromatic N) is 4. The van der Waals surface area contributed by atoms with Crippen LogP contribution in [0.2, 0.25) is 0 Å². The van der Waals surface area contributed by atoms with Crippen molar-refractivity contribution in [3.05, 3.63) is 17.4 Å². The Morgan fingerprint density at radius 3 is 3.14 bits per heavy atom. The Balaban J connectivity index is 0.00000192. The van der Waals surface area contributed by atoms with E-state index in [1.165, 1.54) is 0 Å². The van der Waals surface area contributed by atoms with Gasteiger partial charge in [-0.05, 0) is 7.05 Å². The second kappa shape index (κ2) is 6.41. The highest BCUT2D eigenvalue weighted by atomic mass is 32.2. The molecular formula is C13H25N7OS. The highest BCUT2D eigenvalue weighted by molar-refractivity contribution is 8.04. The van der Waals surface area contributed by atoms with Crippen molar-refractivity contribution in [1.29, 1.82) is 0 Å². The third-order valence-electron chi connectivity index (χ3n) is 3.42. The first-order valence-corrected chi connectivity index (χ1v) is 8.08. The van der Waals surface area contributed by atoms with Crippen LogP contribution in [0.1, 0.15) is 4.28 Å². The first kappa shape index (κ1) is 14.9. The maximum atomic E-state index is 12.2. The first-order chi connectivity index (χ1) is 10.7. The van der Waals surface area contributed by atoms with E-state index in [9.17, 15) is 4.79 Å². The van der Waals surface area contributed by atoms with Crippen LogP contribution in [0.4, 0.5) is 5.82 Å². The molecule has 0 radical (unpaired) electrons. The molecule has 0 saturated heterocycles. The van der Waals surface area contributed by atoms with Crippen molar-refractivity contribution in [2.24, 2.45) is 7.05 Å². The van der Waals surface area contributed by atoms with Crippen molar-refractivity contribution in [3.8, 4) is 0 Å².